The van der Waals surface area contributed by atoms with Crippen molar-refractivity contribution in [2.45, 2.75) is 17.9 Å². The molecule has 1 atom stereocenters. The predicted octanol–water partition coefficient (Wildman–Crippen LogP) is 2.55. The molecule has 1 aliphatic heterocycles. The number of primary sulfonamides is 1. The minimum Gasteiger partial charge on any atom is -0.454 e. The minimum absolute atomic E-state index is 0.0185. The zero-order valence-electron chi connectivity index (χ0n) is 14.1. The molecular weight excluding hydrogens is 380 g/mol. The number of fused-ring (bicyclic) bond motifs is 1. The Morgan fingerprint density at radius 1 is 1.23 bits per heavy atom. The minimum atomic E-state index is -3.76. The van der Waals surface area contributed by atoms with Gasteiger partial charge in [-0.25, -0.2) is 13.6 Å². The highest BCUT2D eigenvalue weighted by atomic mass is 35.5. The molecule has 0 aromatic heterocycles. The number of halogens is 1. The Labute approximate surface area is 156 Å². The molecule has 138 valence electrons. The van der Waals surface area contributed by atoms with Gasteiger partial charge in [-0.2, -0.15) is 0 Å². The number of benzene rings is 2. The van der Waals surface area contributed by atoms with Gasteiger partial charge in [-0.1, -0.05) is 23.7 Å². The highest BCUT2D eigenvalue weighted by Gasteiger charge is 2.24. The molecule has 3 rings (SSSR count). The topological polar surface area (TPSA) is 98.9 Å². The van der Waals surface area contributed by atoms with Gasteiger partial charge in [0.25, 0.3) is 5.91 Å². The van der Waals surface area contributed by atoms with Crippen LogP contribution in [0.15, 0.2) is 41.3 Å². The second kappa shape index (κ2) is 6.79. The van der Waals surface area contributed by atoms with Crippen LogP contribution in [0.1, 0.15) is 28.9 Å². The Hall–Kier alpha value is -2.29. The summed E-state index contributed by atoms with van der Waals surface area (Å²) < 4.78 is 33.2. The molecule has 1 aliphatic rings. The molecule has 0 bridgehead atoms. The van der Waals surface area contributed by atoms with Crippen molar-refractivity contribution in [3.05, 3.63) is 52.5 Å². The SMILES string of the molecule is CC(c1ccc(S(N)(=O)=O)cc1)N(C)C(=O)c1cc(Cl)c2c(c1)OCO2. The van der Waals surface area contributed by atoms with Crippen LogP contribution >= 0.6 is 11.6 Å². The lowest BCUT2D eigenvalue weighted by Gasteiger charge is -2.25. The van der Waals surface area contributed by atoms with Gasteiger partial charge in [0.2, 0.25) is 16.8 Å². The van der Waals surface area contributed by atoms with Crippen LogP contribution in [0.4, 0.5) is 0 Å². The molecule has 0 fully saturated rings. The Kier molecular flexibility index (Phi) is 4.83. The van der Waals surface area contributed by atoms with Crippen LogP contribution in [-0.4, -0.2) is 33.1 Å². The van der Waals surface area contributed by atoms with E-state index < -0.39 is 10.0 Å². The molecule has 2 N–H and O–H groups in total. The van der Waals surface area contributed by atoms with E-state index >= 15 is 0 Å². The Morgan fingerprint density at radius 2 is 1.88 bits per heavy atom. The highest BCUT2D eigenvalue weighted by molar-refractivity contribution is 7.89. The summed E-state index contributed by atoms with van der Waals surface area (Å²) in [5, 5.41) is 5.41. The van der Waals surface area contributed by atoms with Gasteiger partial charge in [-0.3, -0.25) is 4.79 Å². The first-order chi connectivity index (χ1) is 12.2. The number of ether oxygens (including phenoxy) is 2. The number of carbonyl (C=O) groups excluding carboxylic acids is 1. The van der Waals surface area contributed by atoms with Crippen molar-refractivity contribution in [1.82, 2.24) is 4.90 Å². The summed E-state index contributed by atoms with van der Waals surface area (Å²) in [6.45, 7) is 1.90. The molecule has 0 aliphatic carbocycles. The second-order valence-corrected chi connectivity index (χ2v) is 7.87. The van der Waals surface area contributed by atoms with Crippen LogP contribution in [-0.2, 0) is 10.0 Å². The molecule has 0 radical (unpaired) electrons. The number of amides is 1. The van der Waals surface area contributed by atoms with Crippen molar-refractivity contribution < 1.29 is 22.7 Å². The second-order valence-electron chi connectivity index (χ2n) is 5.90. The third-order valence-corrected chi connectivity index (χ3v) is 5.48. The number of sulfonamides is 1. The summed E-state index contributed by atoms with van der Waals surface area (Å²) in [5.41, 5.74) is 1.13. The fourth-order valence-corrected chi connectivity index (χ4v) is 3.41. The molecule has 0 spiro atoms. The van der Waals surface area contributed by atoms with Crippen LogP contribution in [0, 0.1) is 0 Å². The monoisotopic (exact) mass is 396 g/mol. The van der Waals surface area contributed by atoms with Gasteiger partial charge in [-0.05, 0) is 36.8 Å². The fraction of sp³-hybridized carbons (Fsp3) is 0.235. The number of rotatable bonds is 4. The van der Waals surface area contributed by atoms with Gasteiger partial charge in [0.05, 0.1) is 16.0 Å². The van der Waals surface area contributed by atoms with Crippen LogP contribution in [0.25, 0.3) is 0 Å². The van der Waals surface area contributed by atoms with Crippen molar-refractivity contribution in [2.24, 2.45) is 5.14 Å². The molecule has 1 amide bonds. The quantitative estimate of drug-likeness (QED) is 0.856. The summed E-state index contributed by atoms with van der Waals surface area (Å²) in [6.07, 6.45) is 0. The predicted molar refractivity (Wildman–Crippen MR) is 95.9 cm³/mol. The van der Waals surface area contributed by atoms with Gasteiger partial charge < -0.3 is 14.4 Å². The summed E-state index contributed by atoms with van der Waals surface area (Å²) >= 11 is 6.14. The molecule has 1 heterocycles. The zero-order chi connectivity index (χ0) is 19.1. The van der Waals surface area contributed by atoms with E-state index in [-0.39, 0.29) is 23.6 Å². The smallest absolute Gasteiger partial charge is 0.254 e. The van der Waals surface area contributed by atoms with Gasteiger partial charge in [-0.15, -0.1) is 0 Å². The molecule has 0 saturated carbocycles. The molecule has 7 nitrogen and oxygen atoms in total. The number of hydrogen-bond donors (Lipinski definition) is 1. The number of nitrogens with two attached hydrogens (primary N) is 1. The van der Waals surface area contributed by atoms with Gasteiger partial charge in [0.1, 0.15) is 0 Å². The van der Waals surface area contributed by atoms with E-state index in [0.717, 1.165) is 5.56 Å². The van der Waals surface area contributed by atoms with Crippen molar-refractivity contribution >= 4 is 27.5 Å². The lowest BCUT2D eigenvalue weighted by atomic mass is 10.1. The standard InChI is InChI=1S/C17H17ClN2O5S/c1-10(11-3-5-13(6-4-11)26(19,22)23)20(2)17(21)12-7-14(18)16-15(8-12)24-9-25-16/h3-8,10H,9H2,1-2H3,(H2,19,22,23). The van der Waals surface area contributed by atoms with Gasteiger partial charge in [0.15, 0.2) is 11.5 Å². The summed E-state index contributed by atoms with van der Waals surface area (Å²) in [7, 11) is -2.10. The van der Waals surface area contributed by atoms with E-state index in [1.54, 1.807) is 25.2 Å². The van der Waals surface area contributed by atoms with Gasteiger partial charge in [0, 0.05) is 12.6 Å². The lowest BCUT2D eigenvalue weighted by Crippen LogP contribution is -2.29. The summed E-state index contributed by atoms with van der Waals surface area (Å²) in [4.78, 5) is 14.3. The van der Waals surface area contributed by atoms with Crippen molar-refractivity contribution in [1.29, 1.82) is 0 Å². The van der Waals surface area contributed by atoms with E-state index in [9.17, 15) is 13.2 Å². The van der Waals surface area contributed by atoms with Crippen LogP contribution in [0.3, 0.4) is 0 Å². The fourth-order valence-electron chi connectivity index (χ4n) is 2.63. The van der Waals surface area contributed by atoms with Gasteiger partial charge >= 0.3 is 0 Å². The average molecular weight is 397 g/mol. The van der Waals surface area contributed by atoms with E-state index in [2.05, 4.69) is 0 Å². The van der Waals surface area contributed by atoms with Crippen molar-refractivity contribution in [3.63, 3.8) is 0 Å². The molecule has 2 aromatic rings. The van der Waals surface area contributed by atoms with E-state index in [1.807, 2.05) is 6.92 Å². The average Bonchev–Trinajstić information content (AvgIpc) is 3.08. The number of hydrogen-bond acceptors (Lipinski definition) is 5. The number of carbonyl (C=O) groups is 1. The van der Waals surface area contributed by atoms with Crippen LogP contribution in [0.5, 0.6) is 11.5 Å². The molecule has 0 saturated heterocycles. The van der Waals surface area contributed by atoms with Crippen molar-refractivity contribution in [2.75, 3.05) is 13.8 Å². The largest absolute Gasteiger partial charge is 0.454 e. The molecule has 9 heteroatoms. The highest BCUT2D eigenvalue weighted by Crippen LogP contribution is 2.40. The Balaban J connectivity index is 1.83. The number of nitrogens with zero attached hydrogens (tertiary/aromatic N) is 1. The molecule has 26 heavy (non-hydrogen) atoms. The van der Waals surface area contributed by atoms with Crippen molar-refractivity contribution in [3.8, 4) is 11.5 Å². The maximum atomic E-state index is 12.8. The maximum absolute atomic E-state index is 12.8. The first-order valence-corrected chi connectivity index (χ1v) is 9.60. The lowest BCUT2D eigenvalue weighted by molar-refractivity contribution is 0.0742. The van der Waals surface area contributed by atoms with E-state index in [0.29, 0.717) is 22.1 Å². The maximum Gasteiger partial charge on any atom is 0.254 e. The van der Waals surface area contributed by atoms with Crippen LogP contribution < -0.4 is 14.6 Å². The molecule has 2 aromatic carbocycles. The van der Waals surface area contributed by atoms with E-state index in [4.69, 9.17) is 26.2 Å². The Bertz CT molecular complexity index is 960. The molecular formula is C17H17ClN2O5S. The first kappa shape index (κ1) is 18.5. The van der Waals surface area contributed by atoms with E-state index in [1.165, 1.54) is 23.1 Å². The third kappa shape index (κ3) is 3.48. The van der Waals surface area contributed by atoms with Crippen LogP contribution in [0.2, 0.25) is 5.02 Å². The Morgan fingerprint density at radius 3 is 2.50 bits per heavy atom. The first-order valence-electron chi connectivity index (χ1n) is 7.67. The summed E-state index contributed by atoms with van der Waals surface area (Å²) in [5.74, 6) is 0.602. The normalized spacial score (nSPS) is 14.2. The third-order valence-electron chi connectivity index (χ3n) is 4.27. The summed E-state index contributed by atoms with van der Waals surface area (Å²) in [6, 6.07) is 8.89. The molecule has 1 unspecified atom stereocenters. The zero-order valence-corrected chi connectivity index (χ0v) is 15.7.